The Morgan fingerprint density at radius 1 is 0.676 bits per heavy atom. The molecule has 0 unspecified atom stereocenters. The molecule has 0 rings (SSSR count). The number of hydrogen-bond acceptors (Lipinski definition) is 12. The first-order valence-electron chi connectivity index (χ1n) is 10.1. The van der Waals surface area contributed by atoms with Gasteiger partial charge in [-0.25, -0.2) is 0 Å². The molecule has 0 aromatic rings. The quantitative estimate of drug-likeness (QED) is 0.0598. The predicted molar refractivity (Wildman–Crippen MR) is 135 cm³/mol. The first-order chi connectivity index (χ1) is 15.6. The predicted octanol–water partition coefficient (Wildman–Crippen LogP) is -0.802. The second-order valence-corrected chi connectivity index (χ2v) is 12.5. The van der Waals surface area contributed by atoms with Crippen molar-refractivity contribution in [3.05, 3.63) is 0 Å². The number of aliphatic carboxylic acids is 2. The van der Waals surface area contributed by atoms with Gasteiger partial charge in [0.05, 0.1) is 11.5 Å². The van der Waals surface area contributed by atoms with Crippen molar-refractivity contribution in [2.45, 2.75) is 50.6 Å². The average molecular weight is 575 g/mol. The molecular weight excluding hydrogens is 536 g/mol. The summed E-state index contributed by atoms with van der Waals surface area (Å²) in [5.74, 6) is -2.24. The van der Waals surface area contributed by atoms with E-state index in [1.807, 2.05) is 0 Å². The number of carbonyl (C=O) groups is 2. The largest absolute Gasteiger partial charge is 0.480 e. The lowest BCUT2D eigenvalue weighted by Gasteiger charge is -2.03. The molecule has 0 aliphatic rings. The molecule has 206 valence electrons. The summed E-state index contributed by atoms with van der Waals surface area (Å²) < 4.78 is 57.5. The average Bonchev–Trinajstić information content (AvgIpc) is 2.70. The number of carboxylic acid groups (broad SMARTS) is 2. The number of unbranched alkanes of at least 4 members (excludes halogenated alkanes) is 2. The molecule has 18 heteroatoms. The van der Waals surface area contributed by atoms with Crippen molar-refractivity contribution in [1.82, 2.24) is 0 Å². The molecule has 0 aromatic carbocycles. The molecule has 14 nitrogen and oxygen atoms in total. The molecule has 0 saturated carbocycles. The Hall–Kier alpha value is -0.700. The highest BCUT2D eigenvalue weighted by molar-refractivity contribution is 8.76. The Kier molecular flexibility index (Phi) is 25.3. The molecule has 0 saturated heterocycles. The molecule has 0 spiro atoms. The summed E-state index contributed by atoms with van der Waals surface area (Å²) in [6.07, 6.45) is 4.33. The van der Waals surface area contributed by atoms with Gasteiger partial charge in [-0.15, -0.1) is 0 Å². The lowest BCUT2D eigenvalue weighted by atomic mass is 10.1. The Balaban J connectivity index is -0.000000434. The van der Waals surface area contributed by atoms with E-state index in [0.717, 1.165) is 47.3 Å². The Morgan fingerprint density at radius 3 is 1.18 bits per heavy atom. The SMILES string of the molecule is NCCCC[C@H](N)C(=O)O.NCCCC[C@H](N)C(=O)O.O=S(=O)(O)CCSSCCS(=O)(=O)O. The lowest BCUT2D eigenvalue weighted by molar-refractivity contribution is -0.139. The summed E-state index contributed by atoms with van der Waals surface area (Å²) in [5.41, 5.74) is 20.8. The van der Waals surface area contributed by atoms with Crippen LogP contribution in [0.4, 0.5) is 0 Å². The summed E-state index contributed by atoms with van der Waals surface area (Å²) in [5, 5.41) is 16.7. The van der Waals surface area contributed by atoms with Crippen LogP contribution in [0.5, 0.6) is 0 Å². The van der Waals surface area contributed by atoms with Crippen LogP contribution in [0.25, 0.3) is 0 Å². The van der Waals surface area contributed by atoms with E-state index in [9.17, 15) is 26.4 Å². The fraction of sp³-hybridized carbons (Fsp3) is 0.875. The molecule has 0 aliphatic carbocycles. The first-order valence-corrected chi connectivity index (χ1v) is 15.8. The normalized spacial score (nSPS) is 13.0. The zero-order valence-corrected chi connectivity index (χ0v) is 22.1. The van der Waals surface area contributed by atoms with E-state index in [0.29, 0.717) is 25.9 Å². The van der Waals surface area contributed by atoms with E-state index in [2.05, 4.69) is 0 Å². The van der Waals surface area contributed by atoms with E-state index in [-0.39, 0.29) is 23.0 Å². The number of hydrogen-bond donors (Lipinski definition) is 8. The molecule has 0 radical (unpaired) electrons. The summed E-state index contributed by atoms with van der Waals surface area (Å²) >= 11 is 0. The van der Waals surface area contributed by atoms with Gasteiger partial charge in [0.25, 0.3) is 20.2 Å². The standard InChI is InChI=1S/2C6H14N2O2.C4H10O6S4/c2*7-4-2-1-3-5(8)6(9)10;5-13(6,7)3-1-11-12-2-4-14(8,9)10/h2*5H,1-4,7-8H2,(H,9,10);1-4H2,(H,5,6,7)(H,8,9,10)/t2*5-;/m00./s1. The molecule has 0 bridgehead atoms. The van der Waals surface area contributed by atoms with E-state index in [1.54, 1.807) is 0 Å². The maximum atomic E-state index is 10.2. The molecule has 0 heterocycles. The maximum absolute atomic E-state index is 10.2. The molecule has 34 heavy (non-hydrogen) atoms. The van der Waals surface area contributed by atoms with Gasteiger partial charge in [0.1, 0.15) is 12.1 Å². The highest BCUT2D eigenvalue weighted by atomic mass is 33.1. The third-order valence-corrected chi connectivity index (χ3v) is 7.87. The summed E-state index contributed by atoms with van der Waals surface area (Å²) in [6, 6.07) is -1.43. The lowest BCUT2D eigenvalue weighted by Crippen LogP contribution is -2.29. The molecule has 0 fully saturated rings. The summed E-state index contributed by atoms with van der Waals surface area (Å²) in [7, 11) is -5.64. The van der Waals surface area contributed by atoms with Crippen LogP contribution < -0.4 is 22.9 Å². The Bertz CT molecular complexity index is 676. The van der Waals surface area contributed by atoms with Crippen molar-refractivity contribution in [3.8, 4) is 0 Å². The van der Waals surface area contributed by atoms with E-state index in [4.69, 9.17) is 42.3 Å². The molecule has 0 aromatic heterocycles. The van der Waals surface area contributed by atoms with Gasteiger partial charge in [-0.3, -0.25) is 18.7 Å². The second-order valence-electron chi connectivity index (χ2n) is 6.67. The molecule has 12 N–H and O–H groups in total. The first kappa shape index (κ1) is 37.8. The van der Waals surface area contributed by atoms with Gasteiger partial charge in [-0.05, 0) is 38.8 Å². The molecule has 2 atom stereocenters. The van der Waals surface area contributed by atoms with Gasteiger partial charge in [0.2, 0.25) is 0 Å². The van der Waals surface area contributed by atoms with Crippen LogP contribution in [0, 0.1) is 0 Å². The van der Waals surface area contributed by atoms with Crippen LogP contribution in [0.3, 0.4) is 0 Å². The van der Waals surface area contributed by atoms with Crippen LogP contribution in [0.15, 0.2) is 0 Å². The number of rotatable bonds is 17. The van der Waals surface area contributed by atoms with Crippen molar-refractivity contribution in [2.75, 3.05) is 36.1 Å². The van der Waals surface area contributed by atoms with Gasteiger partial charge in [-0.1, -0.05) is 34.4 Å². The molecule has 0 aliphatic heterocycles. The Morgan fingerprint density at radius 2 is 0.971 bits per heavy atom. The highest BCUT2D eigenvalue weighted by Crippen LogP contribution is 2.21. The number of carboxylic acids is 2. The molecular formula is C16H38N4O10S4. The van der Waals surface area contributed by atoms with Gasteiger partial charge in [0.15, 0.2) is 0 Å². The minimum atomic E-state index is -3.94. The third kappa shape index (κ3) is 35.9. The van der Waals surface area contributed by atoms with Crippen LogP contribution >= 0.6 is 21.6 Å². The second kappa shape index (κ2) is 22.7. The number of nitrogens with two attached hydrogens (primary N) is 4. The fourth-order valence-electron chi connectivity index (χ4n) is 1.66. The van der Waals surface area contributed by atoms with E-state index >= 15 is 0 Å². The topological polar surface area (TPSA) is 287 Å². The van der Waals surface area contributed by atoms with E-state index in [1.165, 1.54) is 0 Å². The summed E-state index contributed by atoms with van der Waals surface area (Å²) in [4.78, 5) is 20.3. The minimum absolute atomic E-state index is 0.176. The van der Waals surface area contributed by atoms with E-state index < -0.39 is 44.3 Å². The van der Waals surface area contributed by atoms with Gasteiger partial charge in [-0.2, -0.15) is 16.8 Å². The summed E-state index contributed by atoms with van der Waals surface area (Å²) in [6.45, 7) is 1.21. The van der Waals surface area contributed by atoms with Crippen LogP contribution in [-0.2, 0) is 29.8 Å². The fourth-order valence-corrected chi connectivity index (χ4v) is 6.06. The van der Waals surface area contributed by atoms with Gasteiger partial charge < -0.3 is 33.1 Å². The third-order valence-electron chi connectivity index (χ3n) is 3.51. The van der Waals surface area contributed by atoms with Gasteiger partial charge in [0, 0.05) is 11.5 Å². The van der Waals surface area contributed by atoms with Crippen molar-refractivity contribution in [3.63, 3.8) is 0 Å². The maximum Gasteiger partial charge on any atom is 0.320 e. The zero-order chi connectivity index (χ0) is 27.2. The minimum Gasteiger partial charge on any atom is -0.480 e. The van der Waals surface area contributed by atoms with Crippen molar-refractivity contribution in [2.24, 2.45) is 22.9 Å². The van der Waals surface area contributed by atoms with Crippen LogP contribution in [0.1, 0.15) is 38.5 Å². The highest BCUT2D eigenvalue weighted by Gasteiger charge is 2.10. The van der Waals surface area contributed by atoms with Crippen LogP contribution in [-0.4, -0.2) is 96.3 Å². The smallest absolute Gasteiger partial charge is 0.320 e. The molecule has 0 amide bonds. The monoisotopic (exact) mass is 574 g/mol. The van der Waals surface area contributed by atoms with Crippen molar-refractivity contribution < 1.29 is 45.7 Å². The zero-order valence-electron chi connectivity index (χ0n) is 18.8. The van der Waals surface area contributed by atoms with Gasteiger partial charge >= 0.3 is 11.9 Å². The van der Waals surface area contributed by atoms with Crippen molar-refractivity contribution in [1.29, 1.82) is 0 Å². The van der Waals surface area contributed by atoms with Crippen molar-refractivity contribution >= 4 is 53.8 Å². The van der Waals surface area contributed by atoms with Crippen LogP contribution in [0.2, 0.25) is 0 Å². The Labute approximate surface area is 208 Å².